The van der Waals surface area contributed by atoms with Gasteiger partial charge in [0.05, 0.1) is 18.6 Å². The predicted octanol–water partition coefficient (Wildman–Crippen LogP) is 0.207. The predicted molar refractivity (Wildman–Crippen MR) is 87.2 cm³/mol. The van der Waals surface area contributed by atoms with Crippen molar-refractivity contribution in [3.63, 3.8) is 0 Å². The van der Waals surface area contributed by atoms with Crippen molar-refractivity contribution in [1.82, 2.24) is 10.6 Å². The van der Waals surface area contributed by atoms with Crippen molar-refractivity contribution in [2.45, 2.75) is 31.9 Å². The molecule has 2 fully saturated rings. The van der Waals surface area contributed by atoms with Gasteiger partial charge >= 0.3 is 0 Å². The molecule has 1 unspecified atom stereocenters. The first-order chi connectivity index (χ1) is 11.5. The molecule has 3 N–H and O–H groups in total. The van der Waals surface area contributed by atoms with Gasteiger partial charge in [0.25, 0.3) is 0 Å². The van der Waals surface area contributed by atoms with Crippen LogP contribution < -0.4 is 16.0 Å². The zero-order valence-electron chi connectivity index (χ0n) is 13.5. The summed E-state index contributed by atoms with van der Waals surface area (Å²) in [5.74, 6) is -0.863. The second kappa shape index (κ2) is 7.11. The van der Waals surface area contributed by atoms with Crippen LogP contribution in [0.5, 0.6) is 0 Å². The first-order valence-corrected chi connectivity index (χ1v) is 8.11. The number of carbonyl (C=O) groups is 3. The van der Waals surface area contributed by atoms with E-state index in [9.17, 15) is 14.4 Å². The molecule has 2 heterocycles. The first kappa shape index (κ1) is 16.6. The van der Waals surface area contributed by atoms with Gasteiger partial charge in [-0.1, -0.05) is 12.1 Å². The Balaban J connectivity index is 1.57. The molecule has 2 saturated heterocycles. The molecule has 2 aliphatic heterocycles. The van der Waals surface area contributed by atoms with E-state index < -0.39 is 0 Å². The fourth-order valence-corrected chi connectivity index (χ4v) is 3.03. The lowest BCUT2D eigenvalue weighted by molar-refractivity contribution is -0.126. The summed E-state index contributed by atoms with van der Waals surface area (Å²) in [6, 6.07) is 6.96. The molecule has 3 amide bonds. The van der Waals surface area contributed by atoms with Gasteiger partial charge in [-0.2, -0.15) is 0 Å². The number of nitrogens with one attached hydrogen (secondary N) is 3. The summed E-state index contributed by atoms with van der Waals surface area (Å²) in [5.41, 5.74) is 1.64. The molecule has 0 radical (unpaired) electrons. The van der Waals surface area contributed by atoms with Crippen molar-refractivity contribution in [3.8, 4) is 0 Å². The first-order valence-electron chi connectivity index (χ1n) is 8.11. The summed E-state index contributed by atoms with van der Waals surface area (Å²) in [6.45, 7) is 3.13. The van der Waals surface area contributed by atoms with Gasteiger partial charge in [0, 0.05) is 18.7 Å². The van der Waals surface area contributed by atoms with Crippen LogP contribution in [0.3, 0.4) is 0 Å². The average molecular weight is 331 g/mol. The van der Waals surface area contributed by atoms with E-state index in [-0.39, 0.29) is 42.2 Å². The number of ether oxygens (including phenoxy) is 1. The van der Waals surface area contributed by atoms with Crippen LogP contribution in [0.25, 0.3) is 0 Å². The van der Waals surface area contributed by atoms with Crippen molar-refractivity contribution in [2.24, 2.45) is 5.92 Å². The Bertz CT molecular complexity index is 644. The summed E-state index contributed by atoms with van der Waals surface area (Å²) >= 11 is 0. The molecule has 1 aromatic rings. The zero-order valence-corrected chi connectivity index (χ0v) is 13.5. The molecule has 0 aromatic heterocycles. The highest BCUT2D eigenvalue weighted by Gasteiger charge is 2.30. The molecular formula is C17H21N3O4. The van der Waals surface area contributed by atoms with Crippen LogP contribution in [0.1, 0.15) is 18.9 Å². The van der Waals surface area contributed by atoms with E-state index in [1.165, 1.54) is 0 Å². The van der Waals surface area contributed by atoms with E-state index >= 15 is 0 Å². The highest BCUT2D eigenvalue weighted by atomic mass is 16.5. The van der Waals surface area contributed by atoms with Gasteiger partial charge in [0.15, 0.2) is 0 Å². The maximum Gasteiger partial charge on any atom is 0.244 e. The number of morpholine rings is 1. The Morgan fingerprint density at radius 1 is 1.29 bits per heavy atom. The van der Waals surface area contributed by atoms with Crippen LogP contribution in [0.15, 0.2) is 24.3 Å². The van der Waals surface area contributed by atoms with E-state index in [1.807, 2.05) is 19.1 Å². The third kappa shape index (κ3) is 3.80. The zero-order chi connectivity index (χ0) is 17.1. The third-order valence-electron chi connectivity index (χ3n) is 4.37. The van der Waals surface area contributed by atoms with Crippen LogP contribution in [-0.4, -0.2) is 43.0 Å². The number of anilines is 1. The van der Waals surface area contributed by atoms with Gasteiger partial charge in [-0.05, 0) is 31.0 Å². The highest BCUT2D eigenvalue weighted by Crippen LogP contribution is 2.19. The number of rotatable bonds is 4. The maximum absolute atomic E-state index is 12.3. The smallest absolute Gasteiger partial charge is 0.244 e. The largest absolute Gasteiger partial charge is 0.375 e. The van der Waals surface area contributed by atoms with Gasteiger partial charge in [-0.15, -0.1) is 0 Å². The second-order valence-electron chi connectivity index (χ2n) is 6.21. The van der Waals surface area contributed by atoms with Crippen LogP contribution in [0, 0.1) is 5.92 Å². The number of benzene rings is 1. The lowest BCUT2D eigenvalue weighted by Gasteiger charge is -2.29. The van der Waals surface area contributed by atoms with Gasteiger partial charge < -0.3 is 15.4 Å². The Kier molecular flexibility index (Phi) is 4.92. The normalized spacial score (nSPS) is 27.0. The Morgan fingerprint density at radius 3 is 2.67 bits per heavy atom. The lowest BCUT2D eigenvalue weighted by Crippen LogP contribution is -2.53. The van der Waals surface area contributed by atoms with Crippen LogP contribution in [0.2, 0.25) is 0 Å². The standard InChI is InChI=1S/C17H21N3O4/c1-10-15(18-6-7-24-10)17(23)19-13-4-2-11(3-5-13)8-12-9-14(21)20-16(12)22/h2-5,10,12,15,18H,6-9H2,1H3,(H,19,23)(H,20,21,22)/t10-,12?,15+/m1/s1. The molecule has 0 spiro atoms. The summed E-state index contributed by atoms with van der Waals surface area (Å²) in [4.78, 5) is 35.1. The average Bonchev–Trinajstić information content (AvgIpc) is 2.87. The molecule has 7 nitrogen and oxygen atoms in total. The lowest BCUT2D eigenvalue weighted by atomic mass is 9.98. The number of imide groups is 1. The summed E-state index contributed by atoms with van der Waals surface area (Å²) in [5, 5.41) is 8.32. The quantitative estimate of drug-likeness (QED) is 0.685. The van der Waals surface area contributed by atoms with E-state index in [0.717, 1.165) is 5.56 Å². The molecule has 24 heavy (non-hydrogen) atoms. The second-order valence-corrected chi connectivity index (χ2v) is 6.21. The Labute approximate surface area is 140 Å². The van der Waals surface area contributed by atoms with E-state index in [2.05, 4.69) is 16.0 Å². The van der Waals surface area contributed by atoms with Gasteiger partial charge in [-0.3, -0.25) is 19.7 Å². The summed E-state index contributed by atoms with van der Waals surface area (Å²) in [6.07, 6.45) is 0.583. The molecule has 2 aliphatic rings. The summed E-state index contributed by atoms with van der Waals surface area (Å²) < 4.78 is 5.47. The van der Waals surface area contributed by atoms with E-state index in [0.29, 0.717) is 25.3 Å². The molecule has 0 bridgehead atoms. The molecule has 3 atom stereocenters. The topological polar surface area (TPSA) is 96.5 Å². The molecule has 128 valence electrons. The molecule has 3 rings (SSSR count). The highest BCUT2D eigenvalue weighted by molar-refractivity contribution is 6.03. The van der Waals surface area contributed by atoms with Crippen molar-refractivity contribution >= 4 is 23.4 Å². The fourth-order valence-electron chi connectivity index (χ4n) is 3.03. The van der Waals surface area contributed by atoms with Gasteiger partial charge in [-0.25, -0.2) is 0 Å². The minimum atomic E-state index is -0.369. The minimum Gasteiger partial charge on any atom is -0.375 e. The van der Waals surface area contributed by atoms with E-state index in [1.54, 1.807) is 12.1 Å². The van der Waals surface area contributed by atoms with Crippen molar-refractivity contribution in [2.75, 3.05) is 18.5 Å². The van der Waals surface area contributed by atoms with Crippen molar-refractivity contribution in [3.05, 3.63) is 29.8 Å². The number of carbonyl (C=O) groups excluding carboxylic acids is 3. The van der Waals surface area contributed by atoms with Gasteiger partial charge in [0.1, 0.15) is 6.04 Å². The van der Waals surface area contributed by atoms with Crippen LogP contribution in [0.4, 0.5) is 5.69 Å². The Morgan fingerprint density at radius 2 is 2.04 bits per heavy atom. The molecule has 7 heteroatoms. The number of hydrogen-bond donors (Lipinski definition) is 3. The van der Waals surface area contributed by atoms with Crippen LogP contribution in [-0.2, 0) is 25.5 Å². The van der Waals surface area contributed by atoms with Crippen LogP contribution >= 0.6 is 0 Å². The number of hydrogen-bond acceptors (Lipinski definition) is 5. The maximum atomic E-state index is 12.3. The third-order valence-corrected chi connectivity index (χ3v) is 4.37. The molecule has 0 aliphatic carbocycles. The van der Waals surface area contributed by atoms with Crippen molar-refractivity contribution in [1.29, 1.82) is 0 Å². The summed E-state index contributed by atoms with van der Waals surface area (Å²) in [7, 11) is 0. The van der Waals surface area contributed by atoms with E-state index in [4.69, 9.17) is 4.74 Å². The SMILES string of the molecule is C[C@H]1OCCN[C@@H]1C(=O)Nc1ccc(CC2CC(=O)NC2=O)cc1. The molecule has 0 saturated carbocycles. The molecule has 1 aromatic carbocycles. The number of amides is 3. The van der Waals surface area contributed by atoms with Gasteiger partial charge in [0.2, 0.25) is 17.7 Å². The Hall–Kier alpha value is -2.25. The monoisotopic (exact) mass is 331 g/mol. The molecular weight excluding hydrogens is 310 g/mol. The minimum absolute atomic E-state index is 0.129. The fraction of sp³-hybridized carbons (Fsp3) is 0.471. The van der Waals surface area contributed by atoms with Crippen molar-refractivity contribution < 1.29 is 19.1 Å².